The predicted molar refractivity (Wildman–Crippen MR) is 90.6 cm³/mol. The summed E-state index contributed by atoms with van der Waals surface area (Å²) >= 11 is 0. The van der Waals surface area contributed by atoms with Gasteiger partial charge in [0.25, 0.3) is 0 Å². The number of benzene rings is 1. The molecule has 1 heterocycles. The van der Waals surface area contributed by atoms with Gasteiger partial charge in [0, 0.05) is 19.0 Å². The molecular weight excluding hydrogens is 258 g/mol. The van der Waals surface area contributed by atoms with Gasteiger partial charge in [-0.15, -0.1) is 0 Å². The summed E-state index contributed by atoms with van der Waals surface area (Å²) in [5.74, 6) is 1.90. The van der Waals surface area contributed by atoms with Crippen LogP contribution in [0.15, 0.2) is 24.3 Å². The molecule has 0 aliphatic rings. The van der Waals surface area contributed by atoms with Crippen molar-refractivity contribution in [2.75, 3.05) is 7.05 Å². The highest BCUT2D eigenvalue weighted by atomic mass is 15.1. The third kappa shape index (κ3) is 3.65. The van der Waals surface area contributed by atoms with Crippen molar-refractivity contribution >= 4 is 11.0 Å². The smallest absolute Gasteiger partial charge is 0.111 e. The number of aromatic nitrogens is 2. The highest BCUT2D eigenvalue weighted by Crippen LogP contribution is 2.20. The number of hydrogen-bond acceptors (Lipinski definition) is 2. The van der Waals surface area contributed by atoms with Gasteiger partial charge in [-0.1, -0.05) is 39.3 Å². The zero-order valence-corrected chi connectivity index (χ0v) is 13.9. The van der Waals surface area contributed by atoms with Crippen LogP contribution >= 0.6 is 0 Å². The lowest BCUT2D eigenvalue weighted by Crippen LogP contribution is -2.35. The molecule has 3 nitrogen and oxygen atoms in total. The number of aryl methyl sites for hydroxylation is 1. The quantitative estimate of drug-likeness (QED) is 0.795. The molecule has 2 unspecified atom stereocenters. The average Bonchev–Trinajstić information content (AvgIpc) is 2.83. The molecular formula is C18H29N3. The maximum absolute atomic E-state index is 4.88. The average molecular weight is 287 g/mol. The van der Waals surface area contributed by atoms with Crippen LogP contribution in [0.5, 0.6) is 0 Å². The van der Waals surface area contributed by atoms with Crippen LogP contribution in [0.25, 0.3) is 11.0 Å². The fourth-order valence-corrected chi connectivity index (χ4v) is 3.20. The van der Waals surface area contributed by atoms with E-state index in [0.717, 1.165) is 24.9 Å². The first-order valence-electron chi connectivity index (χ1n) is 8.32. The predicted octanol–water partition coefficient (Wildman–Crippen LogP) is 4.01. The molecule has 1 aromatic carbocycles. The lowest BCUT2D eigenvalue weighted by Gasteiger charge is -2.23. The third-order valence-corrected chi connectivity index (χ3v) is 4.39. The van der Waals surface area contributed by atoms with Crippen LogP contribution in [0.2, 0.25) is 0 Å². The molecule has 2 aromatic rings. The van der Waals surface area contributed by atoms with E-state index < -0.39 is 0 Å². The van der Waals surface area contributed by atoms with E-state index in [4.69, 9.17) is 4.98 Å². The van der Waals surface area contributed by atoms with Crippen LogP contribution in [0.3, 0.4) is 0 Å². The second-order valence-corrected chi connectivity index (χ2v) is 6.03. The van der Waals surface area contributed by atoms with Crippen LogP contribution < -0.4 is 5.32 Å². The molecule has 0 amide bonds. The highest BCUT2D eigenvalue weighted by Gasteiger charge is 2.19. The van der Waals surface area contributed by atoms with Crippen LogP contribution in [-0.2, 0) is 13.0 Å². The molecule has 0 saturated carbocycles. The third-order valence-electron chi connectivity index (χ3n) is 4.39. The maximum Gasteiger partial charge on any atom is 0.111 e. The van der Waals surface area contributed by atoms with Gasteiger partial charge < -0.3 is 9.88 Å². The summed E-state index contributed by atoms with van der Waals surface area (Å²) in [6.07, 6.45) is 4.65. The molecule has 0 radical (unpaired) electrons. The number of nitrogens with zero attached hydrogens (tertiary/aromatic N) is 2. The van der Waals surface area contributed by atoms with E-state index in [2.05, 4.69) is 62.0 Å². The van der Waals surface area contributed by atoms with Crippen molar-refractivity contribution < 1.29 is 0 Å². The van der Waals surface area contributed by atoms with Gasteiger partial charge in [0.2, 0.25) is 0 Å². The number of likely N-dealkylation sites (N-methyl/N-ethyl adjacent to an activating group) is 1. The van der Waals surface area contributed by atoms with Crippen molar-refractivity contribution in [2.45, 2.75) is 59.0 Å². The summed E-state index contributed by atoms with van der Waals surface area (Å²) in [6.45, 7) is 7.88. The van der Waals surface area contributed by atoms with Gasteiger partial charge in [-0.2, -0.15) is 0 Å². The molecule has 1 N–H and O–H groups in total. The zero-order chi connectivity index (χ0) is 15.2. The van der Waals surface area contributed by atoms with Crippen molar-refractivity contribution in [3.63, 3.8) is 0 Å². The Labute approximate surface area is 128 Å². The lowest BCUT2D eigenvalue weighted by molar-refractivity contribution is 0.363. The Kier molecular flexibility index (Phi) is 5.80. The Morgan fingerprint density at radius 1 is 1.19 bits per heavy atom. The van der Waals surface area contributed by atoms with Gasteiger partial charge >= 0.3 is 0 Å². The number of rotatable bonds is 8. The molecule has 0 bridgehead atoms. The Hall–Kier alpha value is -1.35. The van der Waals surface area contributed by atoms with Gasteiger partial charge in [0.05, 0.1) is 11.0 Å². The molecule has 0 spiro atoms. The summed E-state index contributed by atoms with van der Waals surface area (Å²) in [4.78, 5) is 4.88. The number of imidazole rings is 1. The Bertz CT molecular complexity index is 559. The molecule has 0 aliphatic carbocycles. The monoisotopic (exact) mass is 287 g/mol. The van der Waals surface area contributed by atoms with Crippen molar-refractivity contribution in [1.29, 1.82) is 0 Å². The minimum atomic E-state index is 0.498. The van der Waals surface area contributed by atoms with Gasteiger partial charge in [0.15, 0.2) is 0 Å². The molecule has 0 fully saturated rings. The van der Waals surface area contributed by atoms with E-state index >= 15 is 0 Å². The molecule has 1 aromatic heterocycles. The van der Waals surface area contributed by atoms with Crippen LogP contribution in [0.4, 0.5) is 0 Å². The molecule has 0 saturated heterocycles. The molecule has 0 aliphatic heterocycles. The SMILES string of the molecule is CCCC(C)C(Cc1nc2ccccc2n1CCC)NC. The standard InChI is InChI=1S/C18H29N3/c1-5-9-14(3)16(19-4)13-18-20-15-10-7-8-11-17(15)21(18)12-6-2/h7-8,10-11,14,16,19H,5-6,9,12-13H2,1-4H3. The number of para-hydroxylation sites is 2. The first-order valence-corrected chi connectivity index (χ1v) is 8.32. The highest BCUT2D eigenvalue weighted by molar-refractivity contribution is 5.75. The molecule has 21 heavy (non-hydrogen) atoms. The summed E-state index contributed by atoms with van der Waals surface area (Å²) in [7, 11) is 2.07. The van der Waals surface area contributed by atoms with E-state index in [1.165, 1.54) is 24.2 Å². The Balaban J connectivity index is 2.29. The van der Waals surface area contributed by atoms with Crippen LogP contribution in [0.1, 0.15) is 45.9 Å². The lowest BCUT2D eigenvalue weighted by atomic mass is 9.94. The van der Waals surface area contributed by atoms with E-state index in [1.54, 1.807) is 0 Å². The van der Waals surface area contributed by atoms with Crippen molar-refractivity contribution in [1.82, 2.24) is 14.9 Å². The topological polar surface area (TPSA) is 29.9 Å². The van der Waals surface area contributed by atoms with Crippen molar-refractivity contribution in [2.24, 2.45) is 5.92 Å². The Morgan fingerprint density at radius 2 is 1.95 bits per heavy atom. The molecule has 2 atom stereocenters. The fourth-order valence-electron chi connectivity index (χ4n) is 3.20. The van der Waals surface area contributed by atoms with E-state index in [0.29, 0.717) is 12.0 Å². The molecule has 116 valence electrons. The summed E-state index contributed by atoms with van der Waals surface area (Å²) < 4.78 is 2.40. The van der Waals surface area contributed by atoms with Crippen molar-refractivity contribution in [3.8, 4) is 0 Å². The van der Waals surface area contributed by atoms with Gasteiger partial charge in [-0.05, 0) is 37.9 Å². The van der Waals surface area contributed by atoms with Crippen LogP contribution in [0, 0.1) is 5.92 Å². The molecule has 2 rings (SSSR count). The summed E-state index contributed by atoms with van der Waals surface area (Å²) in [6, 6.07) is 8.98. The second-order valence-electron chi connectivity index (χ2n) is 6.03. The number of nitrogens with one attached hydrogen (secondary N) is 1. The van der Waals surface area contributed by atoms with E-state index in [-0.39, 0.29) is 0 Å². The minimum absolute atomic E-state index is 0.498. The largest absolute Gasteiger partial charge is 0.328 e. The van der Waals surface area contributed by atoms with E-state index in [1.807, 2.05) is 0 Å². The number of hydrogen-bond donors (Lipinski definition) is 1. The molecule has 3 heteroatoms. The van der Waals surface area contributed by atoms with Crippen molar-refractivity contribution in [3.05, 3.63) is 30.1 Å². The number of fused-ring (bicyclic) bond motifs is 1. The first kappa shape index (κ1) is 16.0. The van der Waals surface area contributed by atoms with E-state index in [9.17, 15) is 0 Å². The second kappa shape index (κ2) is 7.60. The Morgan fingerprint density at radius 3 is 2.62 bits per heavy atom. The van der Waals surface area contributed by atoms with Gasteiger partial charge in [0.1, 0.15) is 5.82 Å². The normalized spacial score (nSPS) is 14.5. The summed E-state index contributed by atoms with van der Waals surface area (Å²) in [5.41, 5.74) is 2.39. The fraction of sp³-hybridized carbons (Fsp3) is 0.611. The van der Waals surface area contributed by atoms with Crippen LogP contribution in [-0.4, -0.2) is 22.6 Å². The maximum atomic E-state index is 4.88. The first-order chi connectivity index (χ1) is 10.2. The zero-order valence-electron chi connectivity index (χ0n) is 13.9. The van der Waals surface area contributed by atoms with Gasteiger partial charge in [-0.25, -0.2) is 4.98 Å². The minimum Gasteiger partial charge on any atom is -0.328 e. The van der Waals surface area contributed by atoms with Gasteiger partial charge in [-0.3, -0.25) is 0 Å². The summed E-state index contributed by atoms with van der Waals surface area (Å²) in [5, 5.41) is 3.50.